The normalized spacial score (nSPS) is 10.6. The Bertz CT molecular complexity index is 665. The first-order valence-corrected chi connectivity index (χ1v) is 7.26. The molecule has 0 heterocycles. The van der Waals surface area contributed by atoms with E-state index in [2.05, 4.69) is 31.9 Å². The van der Waals surface area contributed by atoms with Gasteiger partial charge in [0.2, 0.25) is 0 Å². The van der Waals surface area contributed by atoms with Gasteiger partial charge >= 0.3 is 0 Å². The molecule has 0 fully saturated rings. The second kappa shape index (κ2) is 5.55. The minimum Gasteiger partial charge on any atom is -0.288 e. The smallest absolute Gasteiger partial charge is 0.196 e. The molecule has 0 amide bonds. The summed E-state index contributed by atoms with van der Waals surface area (Å²) in [5.74, 6) is -0.820. The van der Waals surface area contributed by atoms with E-state index in [4.69, 9.17) is 0 Å². The van der Waals surface area contributed by atoms with E-state index in [0.29, 0.717) is 10.0 Å². The number of hydrogen-bond donors (Lipinski definition) is 0. The predicted octanol–water partition coefficient (Wildman–Crippen LogP) is 5.20. The van der Waals surface area contributed by atoms with Crippen LogP contribution >= 0.6 is 31.9 Å². The molecule has 0 N–H and O–H groups in total. The highest BCUT2D eigenvalue weighted by Crippen LogP contribution is 2.25. The molecule has 0 saturated heterocycles. The Balaban J connectivity index is 2.56. The summed E-state index contributed by atoms with van der Waals surface area (Å²) in [4.78, 5) is 12.4. The molecule has 98 valence electrons. The lowest BCUT2D eigenvalue weighted by Gasteiger charge is -2.09. The van der Waals surface area contributed by atoms with Crippen molar-refractivity contribution in [2.75, 3.05) is 0 Å². The van der Waals surface area contributed by atoms with E-state index in [1.807, 2.05) is 19.9 Å². The molecule has 0 aliphatic carbocycles. The summed E-state index contributed by atoms with van der Waals surface area (Å²) in [6, 6.07) is 8.38. The third-order valence-corrected chi connectivity index (χ3v) is 4.41. The number of carbonyl (C=O) groups is 1. The summed E-state index contributed by atoms with van der Waals surface area (Å²) in [7, 11) is 0. The Labute approximate surface area is 128 Å². The maximum absolute atomic E-state index is 14.0. The van der Waals surface area contributed by atoms with Crippen molar-refractivity contribution in [3.05, 3.63) is 67.3 Å². The van der Waals surface area contributed by atoms with E-state index < -0.39 is 5.82 Å². The third kappa shape index (κ3) is 2.79. The largest absolute Gasteiger partial charge is 0.288 e. The highest BCUT2D eigenvalue weighted by Gasteiger charge is 2.18. The average Bonchev–Trinajstić information content (AvgIpc) is 2.36. The molecule has 0 spiro atoms. The second-order valence-corrected chi connectivity index (χ2v) is 6.06. The number of benzene rings is 2. The molecule has 2 aromatic carbocycles. The number of rotatable bonds is 2. The van der Waals surface area contributed by atoms with Gasteiger partial charge in [-0.2, -0.15) is 0 Å². The first kappa shape index (κ1) is 14.4. The second-order valence-electron chi connectivity index (χ2n) is 4.35. The third-order valence-electron chi connectivity index (χ3n) is 2.95. The van der Waals surface area contributed by atoms with Gasteiger partial charge in [-0.3, -0.25) is 4.79 Å². The van der Waals surface area contributed by atoms with Gasteiger partial charge in [0.15, 0.2) is 5.78 Å². The van der Waals surface area contributed by atoms with Gasteiger partial charge in [-0.25, -0.2) is 4.39 Å². The van der Waals surface area contributed by atoms with Gasteiger partial charge in [-0.15, -0.1) is 0 Å². The number of aryl methyl sites for hydroxylation is 2. The van der Waals surface area contributed by atoms with Gasteiger partial charge in [0, 0.05) is 10.0 Å². The van der Waals surface area contributed by atoms with E-state index in [1.54, 1.807) is 18.2 Å². The minimum atomic E-state index is -0.521. The summed E-state index contributed by atoms with van der Waals surface area (Å²) in [5.41, 5.74) is 2.38. The van der Waals surface area contributed by atoms with Crippen molar-refractivity contribution in [1.82, 2.24) is 0 Å². The van der Waals surface area contributed by atoms with E-state index in [9.17, 15) is 9.18 Å². The van der Waals surface area contributed by atoms with Crippen molar-refractivity contribution >= 4 is 37.6 Å². The van der Waals surface area contributed by atoms with Crippen molar-refractivity contribution in [3.8, 4) is 0 Å². The van der Waals surface area contributed by atoms with Crippen molar-refractivity contribution in [2.24, 2.45) is 0 Å². The Hall–Kier alpha value is -1.000. The molecule has 0 atom stereocenters. The molecule has 0 unspecified atom stereocenters. The Morgan fingerprint density at radius 2 is 1.68 bits per heavy atom. The van der Waals surface area contributed by atoms with E-state index >= 15 is 0 Å². The fourth-order valence-electron chi connectivity index (χ4n) is 1.85. The SMILES string of the molecule is Cc1cc(C(=O)c2cccc(Br)c2F)c(C)cc1Br. The first-order chi connectivity index (χ1) is 8.91. The fourth-order valence-corrected chi connectivity index (χ4v) is 2.67. The molecular formula is C15H11Br2FO. The zero-order chi connectivity index (χ0) is 14.2. The molecule has 4 heteroatoms. The maximum Gasteiger partial charge on any atom is 0.196 e. The molecule has 0 aliphatic heterocycles. The lowest BCUT2D eigenvalue weighted by molar-refractivity contribution is 0.103. The van der Waals surface area contributed by atoms with E-state index in [-0.39, 0.29) is 11.3 Å². The molecule has 2 rings (SSSR count). The molecular weight excluding hydrogens is 375 g/mol. The zero-order valence-electron chi connectivity index (χ0n) is 10.4. The number of carbonyl (C=O) groups excluding carboxylic acids is 1. The molecule has 0 radical (unpaired) electrons. The monoisotopic (exact) mass is 384 g/mol. The van der Waals surface area contributed by atoms with Crippen LogP contribution in [-0.2, 0) is 0 Å². The van der Waals surface area contributed by atoms with Crippen LogP contribution in [0.4, 0.5) is 4.39 Å². The van der Waals surface area contributed by atoms with Crippen LogP contribution in [0.15, 0.2) is 39.3 Å². The summed E-state index contributed by atoms with van der Waals surface area (Å²) in [5, 5.41) is 0. The van der Waals surface area contributed by atoms with Crippen molar-refractivity contribution in [1.29, 1.82) is 0 Å². The molecule has 1 nitrogen and oxygen atoms in total. The lowest BCUT2D eigenvalue weighted by atomic mass is 9.97. The maximum atomic E-state index is 14.0. The highest BCUT2D eigenvalue weighted by molar-refractivity contribution is 9.10. The Morgan fingerprint density at radius 3 is 2.37 bits per heavy atom. The topological polar surface area (TPSA) is 17.1 Å². The van der Waals surface area contributed by atoms with Crippen LogP contribution in [0.2, 0.25) is 0 Å². The first-order valence-electron chi connectivity index (χ1n) is 5.67. The predicted molar refractivity (Wildman–Crippen MR) is 81.1 cm³/mol. The molecule has 0 saturated carbocycles. The standard InChI is InChI=1S/C15H11Br2FO/c1-8-7-13(17)9(2)6-11(8)15(19)10-4-3-5-12(16)14(10)18/h3-7H,1-2H3. The van der Waals surface area contributed by atoms with Gasteiger partial charge in [0.05, 0.1) is 10.0 Å². The van der Waals surface area contributed by atoms with Crippen LogP contribution in [0.3, 0.4) is 0 Å². The molecule has 0 bridgehead atoms. The van der Waals surface area contributed by atoms with Crippen LogP contribution in [0.25, 0.3) is 0 Å². The Kier molecular flexibility index (Phi) is 4.21. The Morgan fingerprint density at radius 1 is 1.00 bits per heavy atom. The van der Waals surface area contributed by atoms with Crippen molar-refractivity contribution in [2.45, 2.75) is 13.8 Å². The molecule has 19 heavy (non-hydrogen) atoms. The van der Waals surface area contributed by atoms with E-state index in [1.165, 1.54) is 6.07 Å². The molecule has 2 aromatic rings. The van der Waals surface area contributed by atoms with Gasteiger partial charge in [-0.1, -0.05) is 22.0 Å². The lowest BCUT2D eigenvalue weighted by Crippen LogP contribution is -2.07. The number of halogens is 3. The zero-order valence-corrected chi connectivity index (χ0v) is 13.6. The highest BCUT2D eigenvalue weighted by atomic mass is 79.9. The number of hydrogen-bond acceptors (Lipinski definition) is 1. The van der Waals surface area contributed by atoms with Crippen molar-refractivity contribution < 1.29 is 9.18 Å². The van der Waals surface area contributed by atoms with Gasteiger partial charge in [0.1, 0.15) is 5.82 Å². The van der Waals surface area contributed by atoms with Crippen molar-refractivity contribution in [3.63, 3.8) is 0 Å². The number of ketones is 1. The fraction of sp³-hybridized carbons (Fsp3) is 0.133. The quantitative estimate of drug-likeness (QED) is 0.649. The minimum absolute atomic E-state index is 0.0826. The van der Waals surface area contributed by atoms with Crippen LogP contribution in [0.5, 0.6) is 0 Å². The molecule has 0 aliphatic rings. The van der Waals surface area contributed by atoms with E-state index in [0.717, 1.165) is 15.6 Å². The van der Waals surface area contributed by atoms with Gasteiger partial charge in [0.25, 0.3) is 0 Å². The average molecular weight is 386 g/mol. The van der Waals surface area contributed by atoms with Gasteiger partial charge in [-0.05, 0) is 65.2 Å². The molecule has 0 aromatic heterocycles. The van der Waals surface area contributed by atoms with Crippen LogP contribution in [-0.4, -0.2) is 5.78 Å². The van der Waals surface area contributed by atoms with Crippen LogP contribution < -0.4 is 0 Å². The van der Waals surface area contributed by atoms with Crippen LogP contribution in [0, 0.1) is 19.7 Å². The summed E-state index contributed by atoms with van der Waals surface area (Å²) >= 11 is 6.52. The summed E-state index contributed by atoms with van der Waals surface area (Å²) < 4.78 is 15.2. The summed E-state index contributed by atoms with van der Waals surface area (Å²) in [6.45, 7) is 3.74. The van der Waals surface area contributed by atoms with Gasteiger partial charge < -0.3 is 0 Å². The summed E-state index contributed by atoms with van der Waals surface area (Å²) in [6.07, 6.45) is 0. The van der Waals surface area contributed by atoms with Crippen LogP contribution in [0.1, 0.15) is 27.0 Å².